The lowest BCUT2D eigenvalue weighted by molar-refractivity contribution is -0.116. The van der Waals surface area contributed by atoms with Crippen molar-refractivity contribution in [2.24, 2.45) is 0 Å². The molecule has 1 aliphatic rings. The van der Waals surface area contributed by atoms with Crippen molar-refractivity contribution in [3.63, 3.8) is 0 Å². The fourth-order valence-corrected chi connectivity index (χ4v) is 2.65. The molecule has 1 amide bonds. The minimum Gasteiger partial charge on any atom is -0.280 e. The van der Waals surface area contributed by atoms with Crippen LogP contribution in [0, 0.1) is 0 Å². The Hall–Kier alpha value is -2.09. The number of amides is 1. The molecular weight excluding hydrogens is 246 g/mol. The molecule has 2 heteroatoms. The van der Waals surface area contributed by atoms with Crippen LogP contribution in [0.1, 0.15) is 31.9 Å². The van der Waals surface area contributed by atoms with Crippen LogP contribution in [-0.2, 0) is 16.6 Å². The largest absolute Gasteiger partial charge is 0.280 e. The molecule has 0 aromatic heterocycles. The monoisotopic (exact) mass is 265 g/mol. The molecule has 2 aromatic carbocycles. The van der Waals surface area contributed by atoms with Crippen LogP contribution in [0.3, 0.4) is 0 Å². The average Bonchev–Trinajstić information content (AvgIpc) is 2.73. The van der Waals surface area contributed by atoms with E-state index in [-0.39, 0.29) is 11.3 Å². The quantitative estimate of drug-likeness (QED) is 0.756. The van der Waals surface area contributed by atoms with Gasteiger partial charge in [-0.15, -0.1) is 0 Å². The third-order valence-electron chi connectivity index (χ3n) is 3.82. The molecule has 0 fully saturated rings. The number of hydrogen-bond acceptors (Lipinski definition) is 1. The maximum absolute atomic E-state index is 12.2. The van der Waals surface area contributed by atoms with Gasteiger partial charge in [0.2, 0.25) is 5.91 Å². The topological polar surface area (TPSA) is 20.3 Å². The van der Waals surface area contributed by atoms with Crippen molar-refractivity contribution in [3.05, 3.63) is 59.7 Å². The molecule has 2 nitrogen and oxygen atoms in total. The third-order valence-corrected chi connectivity index (χ3v) is 3.82. The molecule has 0 radical (unpaired) electrons. The van der Waals surface area contributed by atoms with Crippen LogP contribution < -0.4 is 4.90 Å². The number of rotatable bonds is 1. The number of carbonyl (C=O) groups is 1. The Morgan fingerprint density at radius 2 is 1.60 bits per heavy atom. The molecule has 20 heavy (non-hydrogen) atoms. The van der Waals surface area contributed by atoms with E-state index in [1.165, 1.54) is 5.56 Å². The second-order valence-corrected chi connectivity index (χ2v) is 6.33. The summed E-state index contributed by atoms with van der Waals surface area (Å²) in [6.07, 6.45) is 0.497. The van der Waals surface area contributed by atoms with Gasteiger partial charge in [0.05, 0.1) is 12.1 Å². The van der Waals surface area contributed by atoms with Crippen molar-refractivity contribution in [1.29, 1.82) is 0 Å². The highest BCUT2D eigenvalue weighted by Crippen LogP contribution is 2.35. The van der Waals surface area contributed by atoms with Crippen molar-refractivity contribution in [1.82, 2.24) is 0 Å². The summed E-state index contributed by atoms with van der Waals surface area (Å²) in [5, 5.41) is 0. The third kappa shape index (κ3) is 2.11. The highest BCUT2D eigenvalue weighted by atomic mass is 16.2. The van der Waals surface area contributed by atoms with E-state index in [2.05, 4.69) is 32.9 Å². The molecule has 0 spiro atoms. The standard InChI is InChI=1S/C18H19NO/c1-18(2,3)14-8-10-15(11-9-14)19-16-7-5-4-6-13(16)12-17(19)20/h4-11H,12H2,1-3H3. The number of para-hydroxylation sites is 1. The molecule has 1 aliphatic heterocycles. The van der Waals surface area contributed by atoms with E-state index < -0.39 is 0 Å². The van der Waals surface area contributed by atoms with Gasteiger partial charge >= 0.3 is 0 Å². The summed E-state index contributed by atoms with van der Waals surface area (Å²) in [4.78, 5) is 14.1. The summed E-state index contributed by atoms with van der Waals surface area (Å²) >= 11 is 0. The number of carbonyl (C=O) groups excluding carboxylic acids is 1. The van der Waals surface area contributed by atoms with Crippen LogP contribution in [0.5, 0.6) is 0 Å². The SMILES string of the molecule is CC(C)(C)c1ccc(N2C(=O)Cc3ccccc32)cc1. The molecule has 0 aliphatic carbocycles. The summed E-state index contributed by atoms with van der Waals surface area (Å²) in [6.45, 7) is 6.58. The van der Waals surface area contributed by atoms with E-state index in [1.807, 2.05) is 41.3 Å². The first-order chi connectivity index (χ1) is 9.47. The first-order valence-corrected chi connectivity index (χ1v) is 6.98. The van der Waals surface area contributed by atoms with E-state index in [4.69, 9.17) is 0 Å². The lowest BCUT2D eigenvalue weighted by Crippen LogP contribution is -2.21. The summed E-state index contributed by atoms with van der Waals surface area (Å²) in [7, 11) is 0. The predicted octanol–water partition coefficient (Wildman–Crippen LogP) is 4.20. The first-order valence-electron chi connectivity index (χ1n) is 6.98. The molecule has 0 N–H and O–H groups in total. The Morgan fingerprint density at radius 1 is 0.950 bits per heavy atom. The molecule has 102 valence electrons. The van der Waals surface area contributed by atoms with Gasteiger partial charge in [-0.3, -0.25) is 9.69 Å². The highest BCUT2D eigenvalue weighted by Gasteiger charge is 2.28. The predicted molar refractivity (Wildman–Crippen MR) is 82.4 cm³/mol. The summed E-state index contributed by atoms with van der Waals surface area (Å²) in [5.41, 5.74) is 4.48. The zero-order valence-electron chi connectivity index (χ0n) is 12.2. The van der Waals surface area contributed by atoms with Crippen LogP contribution in [0.25, 0.3) is 0 Å². The second kappa shape index (κ2) is 4.48. The molecule has 2 aromatic rings. The van der Waals surface area contributed by atoms with Crippen molar-refractivity contribution in [2.75, 3.05) is 4.90 Å². The van der Waals surface area contributed by atoms with Gasteiger partial charge in [-0.05, 0) is 34.7 Å². The van der Waals surface area contributed by atoms with Gasteiger partial charge in [0, 0.05) is 5.69 Å². The van der Waals surface area contributed by atoms with Gasteiger partial charge < -0.3 is 0 Å². The normalized spacial score (nSPS) is 14.6. The molecule has 0 saturated carbocycles. The maximum Gasteiger partial charge on any atom is 0.236 e. The smallest absolute Gasteiger partial charge is 0.236 e. The number of hydrogen-bond donors (Lipinski definition) is 0. The minimum absolute atomic E-state index is 0.130. The Bertz CT molecular complexity index is 650. The molecule has 0 saturated heterocycles. The number of fused-ring (bicyclic) bond motifs is 1. The number of nitrogens with zero attached hydrogens (tertiary/aromatic N) is 1. The fraction of sp³-hybridized carbons (Fsp3) is 0.278. The van der Waals surface area contributed by atoms with Crippen LogP contribution >= 0.6 is 0 Å². The van der Waals surface area contributed by atoms with Gasteiger partial charge in [0.1, 0.15) is 0 Å². The van der Waals surface area contributed by atoms with Gasteiger partial charge in [-0.1, -0.05) is 51.1 Å². The van der Waals surface area contributed by atoms with Gasteiger partial charge in [-0.25, -0.2) is 0 Å². The molecule has 0 unspecified atom stereocenters. The summed E-state index contributed by atoms with van der Waals surface area (Å²) in [5.74, 6) is 0.148. The van der Waals surface area contributed by atoms with Crippen molar-refractivity contribution < 1.29 is 4.79 Å². The van der Waals surface area contributed by atoms with Gasteiger partial charge in [-0.2, -0.15) is 0 Å². The maximum atomic E-state index is 12.2. The fourth-order valence-electron chi connectivity index (χ4n) is 2.65. The zero-order valence-corrected chi connectivity index (χ0v) is 12.2. The number of anilines is 2. The van der Waals surface area contributed by atoms with Gasteiger partial charge in [0.25, 0.3) is 0 Å². The Morgan fingerprint density at radius 3 is 2.25 bits per heavy atom. The molecule has 3 rings (SSSR count). The Labute approximate surface area is 120 Å². The number of benzene rings is 2. The van der Waals surface area contributed by atoms with Crippen molar-refractivity contribution in [2.45, 2.75) is 32.6 Å². The Kier molecular flexibility index (Phi) is 2.89. The van der Waals surface area contributed by atoms with Crippen LogP contribution in [-0.4, -0.2) is 5.91 Å². The van der Waals surface area contributed by atoms with E-state index in [0.29, 0.717) is 6.42 Å². The first kappa shape index (κ1) is 12.9. The zero-order chi connectivity index (χ0) is 14.3. The lowest BCUT2D eigenvalue weighted by Gasteiger charge is -2.22. The minimum atomic E-state index is 0.130. The molecular formula is C18H19NO. The lowest BCUT2D eigenvalue weighted by atomic mass is 9.87. The average molecular weight is 265 g/mol. The van der Waals surface area contributed by atoms with Gasteiger partial charge in [0.15, 0.2) is 0 Å². The van der Waals surface area contributed by atoms with E-state index in [0.717, 1.165) is 16.9 Å². The molecule has 0 bridgehead atoms. The van der Waals surface area contributed by atoms with Crippen molar-refractivity contribution >= 4 is 17.3 Å². The molecule has 0 atom stereocenters. The van der Waals surface area contributed by atoms with E-state index in [9.17, 15) is 4.79 Å². The van der Waals surface area contributed by atoms with Crippen LogP contribution in [0.15, 0.2) is 48.5 Å². The van der Waals surface area contributed by atoms with Crippen LogP contribution in [0.2, 0.25) is 0 Å². The van der Waals surface area contributed by atoms with E-state index >= 15 is 0 Å². The van der Waals surface area contributed by atoms with Crippen LogP contribution in [0.4, 0.5) is 11.4 Å². The van der Waals surface area contributed by atoms with Crippen molar-refractivity contribution in [3.8, 4) is 0 Å². The Balaban J connectivity index is 2.00. The summed E-state index contributed by atoms with van der Waals surface area (Å²) in [6, 6.07) is 16.3. The summed E-state index contributed by atoms with van der Waals surface area (Å²) < 4.78 is 0. The highest BCUT2D eigenvalue weighted by molar-refractivity contribution is 6.07. The second-order valence-electron chi connectivity index (χ2n) is 6.33. The van der Waals surface area contributed by atoms with E-state index in [1.54, 1.807) is 0 Å². The molecule has 1 heterocycles.